The minimum atomic E-state index is -0.805. The van der Waals surface area contributed by atoms with Crippen molar-refractivity contribution in [3.05, 3.63) is 11.3 Å². The van der Waals surface area contributed by atoms with Gasteiger partial charge in [-0.3, -0.25) is 9.59 Å². The summed E-state index contributed by atoms with van der Waals surface area (Å²) in [4.78, 5) is 32.9. The number of hydrogen-bond acceptors (Lipinski definition) is 6. The number of Topliss-reactive ketones (excluding diaryl/α,β-unsaturated/α-hetero) is 1. The molecule has 0 bridgehead atoms. The molecule has 1 aliphatic rings. The van der Waals surface area contributed by atoms with Gasteiger partial charge in [-0.2, -0.15) is 0 Å². The van der Waals surface area contributed by atoms with E-state index in [1.165, 1.54) is 7.11 Å². The van der Waals surface area contributed by atoms with Crippen LogP contribution < -0.4 is 0 Å². The summed E-state index contributed by atoms with van der Waals surface area (Å²) in [7, 11) is 1.26. The maximum Gasteiger partial charge on any atom is 0.345 e. The first-order chi connectivity index (χ1) is 7.56. The molecule has 1 fully saturated rings. The highest BCUT2D eigenvalue weighted by molar-refractivity contribution is 6.22. The summed E-state index contributed by atoms with van der Waals surface area (Å²) in [6.07, 6.45) is 0.505. The van der Waals surface area contributed by atoms with E-state index in [2.05, 4.69) is 9.47 Å². The summed E-state index contributed by atoms with van der Waals surface area (Å²) in [5, 5.41) is 9.48. The van der Waals surface area contributed by atoms with Crippen LogP contribution in [0.1, 0.15) is 19.3 Å². The molecule has 1 aliphatic heterocycles. The van der Waals surface area contributed by atoms with Crippen LogP contribution in [0.15, 0.2) is 11.3 Å². The topological polar surface area (TPSA) is 89.9 Å². The highest BCUT2D eigenvalue weighted by Gasteiger charge is 2.31. The van der Waals surface area contributed by atoms with Gasteiger partial charge in [-0.25, -0.2) is 4.79 Å². The number of carbonyl (C=O) groups excluding carboxylic acids is 3. The monoisotopic (exact) mass is 228 g/mol. The third-order valence-electron chi connectivity index (χ3n) is 2.13. The number of allylic oxidation sites excluding steroid dienone is 1. The first-order valence-corrected chi connectivity index (χ1v) is 4.75. The lowest BCUT2D eigenvalue weighted by Crippen LogP contribution is -2.06. The Labute approximate surface area is 91.8 Å². The van der Waals surface area contributed by atoms with Gasteiger partial charge in [0, 0.05) is 12.8 Å². The van der Waals surface area contributed by atoms with Crippen molar-refractivity contribution in [2.24, 2.45) is 0 Å². The fraction of sp³-hybridized carbons (Fsp3) is 0.500. The number of methoxy groups -OCH3 is 1. The van der Waals surface area contributed by atoms with E-state index >= 15 is 0 Å². The fourth-order valence-electron chi connectivity index (χ4n) is 1.30. The molecule has 1 rings (SSSR count). The van der Waals surface area contributed by atoms with Crippen LogP contribution in [0.5, 0.6) is 0 Å². The number of aliphatic hydroxyl groups is 1. The van der Waals surface area contributed by atoms with Crippen LogP contribution in [-0.4, -0.2) is 36.5 Å². The second-order valence-corrected chi connectivity index (χ2v) is 3.25. The van der Waals surface area contributed by atoms with Crippen molar-refractivity contribution in [3.8, 4) is 0 Å². The van der Waals surface area contributed by atoms with Crippen LogP contribution in [0.2, 0.25) is 0 Å². The lowest BCUT2D eigenvalue weighted by atomic mass is 10.1. The number of ether oxygens (including phenoxy) is 2. The van der Waals surface area contributed by atoms with Crippen LogP contribution in [0.4, 0.5) is 0 Å². The molecule has 6 heteroatoms. The van der Waals surface area contributed by atoms with Gasteiger partial charge in [-0.05, 0) is 6.42 Å². The number of esters is 2. The molecule has 0 unspecified atom stereocenters. The van der Waals surface area contributed by atoms with Crippen LogP contribution in [0, 0.1) is 0 Å². The SMILES string of the molecule is COC(=O)CCC/C(O)=C1/C(=O)COC1=O. The zero-order valence-electron chi connectivity index (χ0n) is 8.82. The van der Waals surface area contributed by atoms with Crippen LogP contribution in [-0.2, 0) is 23.9 Å². The Morgan fingerprint density at radius 3 is 2.62 bits per heavy atom. The van der Waals surface area contributed by atoms with E-state index in [0.29, 0.717) is 6.42 Å². The molecule has 6 nitrogen and oxygen atoms in total. The molecule has 88 valence electrons. The minimum absolute atomic E-state index is 0.0747. The number of hydrogen-bond donors (Lipinski definition) is 1. The smallest absolute Gasteiger partial charge is 0.345 e. The largest absolute Gasteiger partial charge is 0.511 e. The van der Waals surface area contributed by atoms with Gasteiger partial charge in [0.15, 0.2) is 6.61 Å². The molecule has 0 radical (unpaired) electrons. The number of rotatable bonds is 4. The van der Waals surface area contributed by atoms with Crippen molar-refractivity contribution in [2.45, 2.75) is 19.3 Å². The average molecular weight is 228 g/mol. The second-order valence-electron chi connectivity index (χ2n) is 3.25. The quantitative estimate of drug-likeness (QED) is 0.321. The molecule has 0 amide bonds. The maximum atomic E-state index is 11.1. The van der Waals surface area contributed by atoms with Crippen LogP contribution in [0.3, 0.4) is 0 Å². The Bertz CT molecular complexity index is 336. The van der Waals surface area contributed by atoms with Crippen LogP contribution >= 0.6 is 0 Å². The zero-order chi connectivity index (χ0) is 12.1. The van der Waals surface area contributed by atoms with Crippen molar-refractivity contribution in [1.29, 1.82) is 0 Å². The Kier molecular flexibility index (Phi) is 4.04. The van der Waals surface area contributed by atoms with Gasteiger partial charge in [0.2, 0.25) is 5.78 Å². The first kappa shape index (κ1) is 12.2. The predicted octanol–water partition coefficient (Wildman–Crippen LogP) is 0.268. The Morgan fingerprint density at radius 1 is 1.44 bits per heavy atom. The fourth-order valence-corrected chi connectivity index (χ4v) is 1.30. The average Bonchev–Trinajstić information content (AvgIpc) is 2.58. The van der Waals surface area contributed by atoms with E-state index in [1.807, 2.05) is 0 Å². The number of carbonyl (C=O) groups is 3. The van der Waals surface area contributed by atoms with Crippen molar-refractivity contribution in [1.82, 2.24) is 0 Å². The standard InChI is InChI=1S/C10H12O6/c1-15-8(13)4-2-3-6(11)9-7(12)5-16-10(9)14/h11H,2-5H2,1H3/b9-6+. The van der Waals surface area contributed by atoms with Gasteiger partial charge < -0.3 is 14.6 Å². The highest BCUT2D eigenvalue weighted by atomic mass is 16.5. The summed E-state index contributed by atoms with van der Waals surface area (Å²) < 4.78 is 8.85. The van der Waals surface area contributed by atoms with E-state index in [1.54, 1.807) is 0 Å². The van der Waals surface area contributed by atoms with Crippen molar-refractivity contribution in [3.63, 3.8) is 0 Å². The minimum Gasteiger partial charge on any atom is -0.511 e. The van der Waals surface area contributed by atoms with Crippen molar-refractivity contribution < 1.29 is 29.0 Å². The third-order valence-corrected chi connectivity index (χ3v) is 2.13. The van der Waals surface area contributed by atoms with Gasteiger partial charge in [0.05, 0.1) is 7.11 Å². The van der Waals surface area contributed by atoms with Gasteiger partial charge in [-0.15, -0.1) is 0 Å². The molecular weight excluding hydrogens is 216 g/mol. The first-order valence-electron chi connectivity index (χ1n) is 4.75. The second kappa shape index (κ2) is 5.29. The molecule has 0 aromatic heterocycles. The molecule has 0 aliphatic carbocycles. The molecular formula is C10H12O6. The normalized spacial score (nSPS) is 18.3. The molecule has 1 heterocycles. The zero-order valence-corrected chi connectivity index (χ0v) is 8.82. The summed E-state index contributed by atoms with van der Waals surface area (Å²) >= 11 is 0. The summed E-state index contributed by atoms with van der Waals surface area (Å²) in [5.41, 5.74) is -0.301. The molecule has 0 saturated carbocycles. The van der Waals surface area contributed by atoms with Gasteiger partial charge in [-0.1, -0.05) is 0 Å². The summed E-state index contributed by atoms with van der Waals surface area (Å²) in [6, 6.07) is 0. The van der Waals surface area contributed by atoms with Crippen LogP contribution in [0.25, 0.3) is 0 Å². The molecule has 0 aromatic rings. The molecule has 1 N–H and O–H groups in total. The molecule has 0 spiro atoms. The van der Waals surface area contributed by atoms with E-state index in [0.717, 1.165) is 0 Å². The highest BCUT2D eigenvalue weighted by Crippen LogP contribution is 2.17. The van der Waals surface area contributed by atoms with E-state index in [-0.39, 0.29) is 30.8 Å². The number of aliphatic hydroxyl groups excluding tert-OH is 1. The lowest BCUT2D eigenvalue weighted by molar-refractivity contribution is -0.140. The Balaban J connectivity index is 2.53. The van der Waals surface area contributed by atoms with Gasteiger partial charge in [0.25, 0.3) is 0 Å². The van der Waals surface area contributed by atoms with E-state index in [9.17, 15) is 19.5 Å². The predicted molar refractivity (Wildman–Crippen MR) is 51.5 cm³/mol. The summed E-state index contributed by atoms with van der Waals surface area (Å²) in [5.74, 6) is -2.06. The molecule has 16 heavy (non-hydrogen) atoms. The third kappa shape index (κ3) is 2.82. The molecule has 1 saturated heterocycles. The number of ketones is 1. The lowest BCUT2D eigenvalue weighted by Gasteiger charge is -2.01. The molecule has 0 aromatic carbocycles. The molecule has 0 atom stereocenters. The maximum absolute atomic E-state index is 11.1. The number of cyclic esters (lactones) is 1. The van der Waals surface area contributed by atoms with Gasteiger partial charge >= 0.3 is 11.9 Å². The van der Waals surface area contributed by atoms with E-state index in [4.69, 9.17) is 0 Å². The van der Waals surface area contributed by atoms with E-state index < -0.39 is 17.7 Å². The van der Waals surface area contributed by atoms with Gasteiger partial charge in [0.1, 0.15) is 11.3 Å². The summed E-state index contributed by atoms with van der Waals surface area (Å²) in [6.45, 7) is -0.324. The Morgan fingerprint density at radius 2 is 2.12 bits per heavy atom. The van der Waals surface area contributed by atoms with Crippen molar-refractivity contribution in [2.75, 3.05) is 13.7 Å². The Hall–Kier alpha value is -1.85. The van der Waals surface area contributed by atoms with Crippen molar-refractivity contribution >= 4 is 17.7 Å².